The fraction of sp³-hybridized carbons (Fsp3) is 0.682. The Labute approximate surface area is 198 Å². The minimum atomic E-state index is -5.08. The van der Waals surface area contributed by atoms with E-state index in [4.69, 9.17) is 24.5 Å². The van der Waals surface area contributed by atoms with Crippen LogP contribution in [0.4, 0.5) is 26.3 Å². The Bertz CT molecular complexity index is 808. The predicted molar refractivity (Wildman–Crippen MR) is 110 cm³/mol. The lowest BCUT2D eigenvalue weighted by molar-refractivity contribution is -0.193. The van der Waals surface area contributed by atoms with Gasteiger partial charge in [-0.3, -0.25) is 4.98 Å². The van der Waals surface area contributed by atoms with Crippen molar-refractivity contribution in [3.05, 3.63) is 30.1 Å². The summed E-state index contributed by atoms with van der Waals surface area (Å²) < 4.78 is 69.6. The van der Waals surface area contributed by atoms with Crippen molar-refractivity contribution < 1.29 is 50.9 Å². The molecule has 0 radical (unpaired) electrons. The van der Waals surface area contributed by atoms with Crippen LogP contribution in [0.1, 0.15) is 37.7 Å². The number of pyridine rings is 1. The SMILES string of the molecule is O=C(O)C(F)(F)F.O=C(O)C(F)(F)F.c1cc(COC[C@@]23CCC[C@@H]2CN(CC2CC2)C3)ccn1. The van der Waals surface area contributed by atoms with E-state index in [0.717, 1.165) is 25.0 Å². The molecule has 0 spiro atoms. The largest absolute Gasteiger partial charge is 0.490 e. The molecule has 3 fully saturated rings. The maximum Gasteiger partial charge on any atom is 0.490 e. The molecule has 1 saturated heterocycles. The average molecular weight is 514 g/mol. The Morgan fingerprint density at radius 2 is 1.57 bits per heavy atom. The maximum absolute atomic E-state index is 10.6. The third-order valence-corrected chi connectivity index (χ3v) is 6.22. The number of rotatable bonds is 6. The lowest BCUT2D eigenvalue weighted by Crippen LogP contribution is -2.32. The zero-order valence-electron chi connectivity index (χ0n) is 18.8. The minimum Gasteiger partial charge on any atom is -0.475 e. The highest BCUT2D eigenvalue weighted by Gasteiger charge is 2.50. The fourth-order valence-electron chi connectivity index (χ4n) is 4.42. The molecule has 1 aromatic rings. The Kier molecular flexibility index (Phi) is 9.90. The predicted octanol–water partition coefficient (Wildman–Crippen LogP) is 4.38. The number of fused-ring (bicyclic) bond motifs is 1. The summed E-state index contributed by atoms with van der Waals surface area (Å²) in [5.74, 6) is -3.62. The number of carboxylic acid groups (broad SMARTS) is 2. The van der Waals surface area contributed by atoms with Gasteiger partial charge in [-0.2, -0.15) is 26.3 Å². The summed E-state index contributed by atoms with van der Waals surface area (Å²) in [5.41, 5.74) is 1.70. The van der Waals surface area contributed by atoms with Crippen LogP contribution in [0.25, 0.3) is 0 Å². The van der Waals surface area contributed by atoms with Crippen LogP contribution in [0.5, 0.6) is 0 Å². The molecule has 3 aliphatic rings. The molecule has 0 bridgehead atoms. The molecule has 2 N–H and O–H groups in total. The van der Waals surface area contributed by atoms with Gasteiger partial charge in [0.05, 0.1) is 13.2 Å². The molecular weight excluding hydrogens is 486 g/mol. The van der Waals surface area contributed by atoms with Crippen molar-refractivity contribution in [3.8, 4) is 0 Å². The van der Waals surface area contributed by atoms with Gasteiger partial charge in [0, 0.05) is 37.4 Å². The fourth-order valence-corrected chi connectivity index (χ4v) is 4.42. The van der Waals surface area contributed by atoms with Gasteiger partial charge in [0.1, 0.15) is 0 Å². The van der Waals surface area contributed by atoms with Crippen LogP contribution in [-0.2, 0) is 20.9 Å². The summed E-state index contributed by atoms with van der Waals surface area (Å²) in [6, 6.07) is 4.11. The standard InChI is InChI=1S/C18H26N2O.2C2HF3O2/c1-2-17-11-20(10-15-3-4-15)13-18(17,7-1)14-21-12-16-5-8-19-9-6-16;2*3-2(4,5)1(6)7/h5-6,8-9,15,17H,1-4,7,10-14H2;2*(H,6,7)/t17-,18+;;/m1../s1. The molecule has 0 aromatic carbocycles. The Morgan fingerprint density at radius 3 is 2.06 bits per heavy atom. The Morgan fingerprint density at radius 1 is 1.03 bits per heavy atom. The second-order valence-corrected chi connectivity index (χ2v) is 9.04. The van der Waals surface area contributed by atoms with E-state index < -0.39 is 24.3 Å². The van der Waals surface area contributed by atoms with Crippen LogP contribution in [0, 0.1) is 17.3 Å². The summed E-state index contributed by atoms with van der Waals surface area (Å²) in [7, 11) is 0. The van der Waals surface area contributed by atoms with Gasteiger partial charge >= 0.3 is 24.3 Å². The molecule has 0 amide bonds. The summed E-state index contributed by atoms with van der Waals surface area (Å²) in [5, 5.41) is 14.2. The molecule has 2 heterocycles. The van der Waals surface area contributed by atoms with Gasteiger partial charge in [0.25, 0.3) is 0 Å². The first-order valence-corrected chi connectivity index (χ1v) is 11.0. The second kappa shape index (κ2) is 12.0. The maximum atomic E-state index is 10.6. The quantitative estimate of drug-likeness (QED) is 0.544. The third kappa shape index (κ3) is 9.63. The minimum absolute atomic E-state index is 0.460. The van der Waals surface area contributed by atoms with E-state index >= 15 is 0 Å². The molecule has 2 saturated carbocycles. The van der Waals surface area contributed by atoms with E-state index in [1.54, 1.807) is 0 Å². The van der Waals surface area contributed by atoms with Crippen molar-refractivity contribution in [2.75, 3.05) is 26.2 Å². The van der Waals surface area contributed by atoms with Crippen molar-refractivity contribution in [3.63, 3.8) is 0 Å². The van der Waals surface area contributed by atoms with Crippen molar-refractivity contribution in [2.24, 2.45) is 17.3 Å². The number of hydrogen-bond donors (Lipinski definition) is 2. The summed E-state index contributed by atoms with van der Waals surface area (Å²) >= 11 is 0. The number of ether oxygens (including phenoxy) is 1. The number of halogens is 6. The van der Waals surface area contributed by atoms with E-state index in [1.807, 2.05) is 12.4 Å². The third-order valence-electron chi connectivity index (χ3n) is 6.22. The van der Waals surface area contributed by atoms with Crippen molar-refractivity contribution in [1.82, 2.24) is 9.88 Å². The lowest BCUT2D eigenvalue weighted by atomic mass is 9.81. The van der Waals surface area contributed by atoms with Crippen LogP contribution in [-0.4, -0.2) is 70.6 Å². The number of aliphatic carboxylic acids is 2. The Hall–Kier alpha value is -2.41. The molecular formula is C22H28F6N2O5. The van der Waals surface area contributed by atoms with Crippen molar-refractivity contribution in [2.45, 2.75) is 51.1 Å². The topological polar surface area (TPSA) is 100.0 Å². The van der Waals surface area contributed by atoms with Crippen LogP contribution < -0.4 is 0 Å². The molecule has 35 heavy (non-hydrogen) atoms. The number of likely N-dealkylation sites (tertiary alicyclic amines) is 1. The van der Waals surface area contributed by atoms with Gasteiger partial charge in [-0.15, -0.1) is 0 Å². The van der Waals surface area contributed by atoms with Gasteiger partial charge in [-0.1, -0.05) is 6.42 Å². The molecule has 7 nitrogen and oxygen atoms in total. The molecule has 198 valence electrons. The highest BCUT2D eigenvalue weighted by atomic mass is 19.4. The zero-order chi connectivity index (χ0) is 26.3. The van der Waals surface area contributed by atoms with Gasteiger partial charge < -0.3 is 19.8 Å². The first kappa shape index (κ1) is 28.8. The van der Waals surface area contributed by atoms with E-state index in [2.05, 4.69) is 22.0 Å². The molecule has 4 rings (SSSR count). The number of hydrogen-bond acceptors (Lipinski definition) is 5. The molecule has 2 atom stereocenters. The number of alkyl halides is 6. The first-order chi connectivity index (χ1) is 16.2. The summed E-state index contributed by atoms with van der Waals surface area (Å²) in [4.78, 5) is 24.6. The van der Waals surface area contributed by atoms with E-state index in [-0.39, 0.29) is 0 Å². The highest BCUT2D eigenvalue weighted by Crippen LogP contribution is 2.49. The summed E-state index contributed by atoms with van der Waals surface area (Å²) in [6.07, 6.45) is 0.652. The van der Waals surface area contributed by atoms with Crippen LogP contribution in [0.15, 0.2) is 24.5 Å². The Balaban J connectivity index is 0.000000257. The highest BCUT2D eigenvalue weighted by molar-refractivity contribution is 5.73. The van der Waals surface area contributed by atoms with Gasteiger partial charge in [-0.25, -0.2) is 9.59 Å². The van der Waals surface area contributed by atoms with E-state index in [1.165, 1.54) is 57.3 Å². The van der Waals surface area contributed by atoms with Crippen LogP contribution in [0.3, 0.4) is 0 Å². The zero-order valence-corrected chi connectivity index (χ0v) is 18.8. The lowest BCUT2D eigenvalue weighted by Gasteiger charge is -2.29. The first-order valence-electron chi connectivity index (χ1n) is 11.0. The average Bonchev–Trinajstić information content (AvgIpc) is 3.38. The molecule has 0 unspecified atom stereocenters. The number of carboxylic acids is 2. The van der Waals surface area contributed by atoms with Gasteiger partial charge in [0.15, 0.2) is 0 Å². The molecule has 1 aromatic heterocycles. The number of nitrogens with zero attached hydrogens (tertiary/aromatic N) is 2. The van der Waals surface area contributed by atoms with Crippen LogP contribution in [0.2, 0.25) is 0 Å². The van der Waals surface area contributed by atoms with Crippen molar-refractivity contribution in [1.29, 1.82) is 0 Å². The number of carbonyl (C=O) groups is 2. The van der Waals surface area contributed by atoms with Crippen molar-refractivity contribution >= 4 is 11.9 Å². The smallest absolute Gasteiger partial charge is 0.475 e. The van der Waals surface area contributed by atoms with Crippen LogP contribution >= 0.6 is 0 Å². The van der Waals surface area contributed by atoms with E-state index in [9.17, 15) is 26.3 Å². The summed E-state index contributed by atoms with van der Waals surface area (Å²) in [6.45, 7) is 5.64. The van der Waals surface area contributed by atoms with Gasteiger partial charge in [0.2, 0.25) is 0 Å². The van der Waals surface area contributed by atoms with E-state index in [0.29, 0.717) is 5.41 Å². The molecule has 2 aliphatic carbocycles. The normalized spacial score (nSPS) is 24.0. The molecule has 13 heteroatoms. The second-order valence-electron chi connectivity index (χ2n) is 9.04. The molecule has 1 aliphatic heterocycles. The van der Waals surface area contributed by atoms with Gasteiger partial charge in [-0.05, 0) is 55.2 Å². The monoisotopic (exact) mass is 514 g/mol. The number of aromatic nitrogens is 1.